The molecule has 1 saturated heterocycles. The van der Waals surface area contributed by atoms with Gasteiger partial charge in [0.25, 0.3) is 0 Å². The van der Waals surface area contributed by atoms with E-state index in [-0.39, 0.29) is 5.96 Å². The largest absolute Gasteiger partial charge is 0.370 e. The van der Waals surface area contributed by atoms with Crippen LogP contribution < -0.4 is 11.5 Å². The zero-order valence-electron chi connectivity index (χ0n) is 12.5. The highest BCUT2D eigenvalue weighted by atomic mass is 15.1. The minimum Gasteiger partial charge on any atom is -0.370 e. The van der Waals surface area contributed by atoms with Crippen LogP contribution in [0.4, 0.5) is 0 Å². The molecular formula is C16H26N4. The van der Waals surface area contributed by atoms with Crippen LogP contribution in [-0.2, 0) is 13.1 Å². The Hall–Kier alpha value is -1.55. The normalized spacial score (nSPS) is 23.5. The standard InChI is InChI=1S/C16H26N4/c1-12-7-13(2)10-20(9-12)11-15-6-4-3-5-14(15)8-19-16(17)18/h3-6,12-13H,7-11H2,1-2H3,(H4,17,18,19). The van der Waals surface area contributed by atoms with Gasteiger partial charge < -0.3 is 11.5 Å². The van der Waals surface area contributed by atoms with Gasteiger partial charge in [-0.2, -0.15) is 0 Å². The van der Waals surface area contributed by atoms with Gasteiger partial charge in [-0.3, -0.25) is 4.90 Å². The fourth-order valence-corrected chi connectivity index (χ4v) is 3.20. The maximum Gasteiger partial charge on any atom is 0.186 e. The zero-order chi connectivity index (χ0) is 14.5. The van der Waals surface area contributed by atoms with E-state index in [0.717, 1.165) is 18.4 Å². The van der Waals surface area contributed by atoms with E-state index in [1.165, 1.54) is 30.6 Å². The Morgan fingerprint density at radius 3 is 2.35 bits per heavy atom. The Morgan fingerprint density at radius 2 is 1.75 bits per heavy atom. The second kappa shape index (κ2) is 6.75. The first-order valence-corrected chi connectivity index (χ1v) is 7.39. The topological polar surface area (TPSA) is 67.6 Å². The first-order chi connectivity index (χ1) is 9.54. The fraction of sp³-hybridized carbons (Fsp3) is 0.562. The molecule has 0 aromatic heterocycles. The summed E-state index contributed by atoms with van der Waals surface area (Å²) in [5.41, 5.74) is 13.4. The Labute approximate surface area is 121 Å². The summed E-state index contributed by atoms with van der Waals surface area (Å²) in [6, 6.07) is 8.42. The van der Waals surface area contributed by atoms with Crippen molar-refractivity contribution in [3.8, 4) is 0 Å². The van der Waals surface area contributed by atoms with Gasteiger partial charge in [0.15, 0.2) is 5.96 Å². The fourth-order valence-electron chi connectivity index (χ4n) is 3.20. The zero-order valence-corrected chi connectivity index (χ0v) is 12.5. The van der Waals surface area contributed by atoms with Crippen LogP contribution in [0, 0.1) is 11.8 Å². The summed E-state index contributed by atoms with van der Waals surface area (Å²) >= 11 is 0. The third-order valence-electron chi connectivity index (χ3n) is 3.89. The predicted molar refractivity (Wildman–Crippen MR) is 84.2 cm³/mol. The molecule has 1 aliphatic heterocycles. The third-order valence-corrected chi connectivity index (χ3v) is 3.89. The molecule has 0 radical (unpaired) electrons. The molecule has 2 atom stereocenters. The molecule has 1 aromatic rings. The van der Waals surface area contributed by atoms with Crippen molar-refractivity contribution >= 4 is 5.96 Å². The van der Waals surface area contributed by atoms with Gasteiger partial charge in [0, 0.05) is 19.6 Å². The smallest absolute Gasteiger partial charge is 0.186 e. The molecule has 1 heterocycles. The van der Waals surface area contributed by atoms with Gasteiger partial charge in [-0.15, -0.1) is 0 Å². The van der Waals surface area contributed by atoms with Crippen LogP contribution in [0.25, 0.3) is 0 Å². The van der Waals surface area contributed by atoms with Crippen LogP contribution >= 0.6 is 0 Å². The van der Waals surface area contributed by atoms with E-state index in [0.29, 0.717) is 6.54 Å². The minimum absolute atomic E-state index is 0.153. The summed E-state index contributed by atoms with van der Waals surface area (Å²) in [5.74, 6) is 1.72. The first kappa shape index (κ1) is 14.9. The van der Waals surface area contributed by atoms with E-state index in [1.807, 2.05) is 6.07 Å². The van der Waals surface area contributed by atoms with Crippen LogP contribution in [-0.4, -0.2) is 23.9 Å². The van der Waals surface area contributed by atoms with E-state index in [9.17, 15) is 0 Å². The van der Waals surface area contributed by atoms with Gasteiger partial charge in [-0.25, -0.2) is 4.99 Å². The highest BCUT2D eigenvalue weighted by molar-refractivity contribution is 5.75. The summed E-state index contributed by atoms with van der Waals surface area (Å²) in [6.45, 7) is 8.60. The molecule has 0 amide bonds. The second-order valence-corrected chi connectivity index (χ2v) is 6.15. The van der Waals surface area contributed by atoms with Crippen molar-refractivity contribution in [1.82, 2.24) is 4.90 Å². The van der Waals surface area contributed by atoms with E-state index in [1.54, 1.807) is 0 Å². The van der Waals surface area contributed by atoms with Gasteiger partial charge in [-0.05, 0) is 29.4 Å². The first-order valence-electron chi connectivity index (χ1n) is 7.39. The van der Waals surface area contributed by atoms with Crippen molar-refractivity contribution in [2.45, 2.75) is 33.4 Å². The molecule has 0 spiro atoms. The molecule has 4 N–H and O–H groups in total. The van der Waals surface area contributed by atoms with Crippen molar-refractivity contribution in [3.63, 3.8) is 0 Å². The van der Waals surface area contributed by atoms with Crippen molar-refractivity contribution in [2.24, 2.45) is 28.3 Å². The molecule has 1 fully saturated rings. The lowest BCUT2D eigenvalue weighted by Crippen LogP contribution is -2.38. The summed E-state index contributed by atoms with van der Waals surface area (Å²) in [4.78, 5) is 6.68. The van der Waals surface area contributed by atoms with E-state index >= 15 is 0 Å². The number of hydrogen-bond acceptors (Lipinski definition) is 2. The number of rotatable bonds is 4. The summed E-state index contributed by atoms with van der Waals surface area (Å²) in [6.07, 6.45) is 1.34. The Morgan fingerprint density at radius 1 is 1.15 bits per heavy atom. The molecule has 0 saturated carbocycles. The molecule has 0 aliphatic carbocycles. The maximum absolute atomic E-state index is 5.43. The predicted octanol–water partition coefficient (Wildman–Crippen LogP) is 1.94. The molecule has 2 rings (SSSR count). The number of nitrogens with zero attached hydrogens (tertiary/aromatic N) is 2. The summed E-state index contributed by atoms with van der Waals surface area (Å²) < 4.78 is 0. The van der Waals surface area contributed by atoms with Crippen LogP contribution in [0.3, 0.4) is 0 Å². The quantitative estimate of drug-likeness (QED) is 0.651. The number of nitrogens with two attached hydrogens (primary N) is 2. The Bertz CT molecular complexity index is 455. The lowest BCUT2D eigenvalue weighted by molar-refractivity contribution is 0.134. The number of hydrogen-bond donors (Lipinski definition) is 2. The lowest BCUT2D eigenvalue weighted by Gasteiger charge is -2.35. The molecule has 1 aliphatic rings. The van der Waals surface area contributed by atoms with E-state index in [2.05, 4.69) is 41.9 Å². The number of guanidine groups is 1. The molecule has 4 nitrogen and oxygen atoms in total. The average Bonchev–Trinajstić information content (AvgIpc) is 2.36. The highest BCUT2D eigenvalue weighted by Crippen LogP contribution is 2.23. The SMILES string of the molecule is CC1CC(C)CN(Cc2ccccc2CN=C(N)N)C1. The molecule has 0 bridgehead atoms. The van der Waals surface area contributed by atoms with Crippen LogP contribution in [0.5, 0.6) is 0 Å². The minimum atomic E-state index is 0.153. The Kier molecular flexibility index (Phi) is 5.01. The monoisotopic (exact) mass is 274 g/mol. The van der Waals surface area contributed by atoms with E-state index < -0.39 is 0 Å². The van der Waals surface area contributed by atoms with Crippen molar-refractivity contribution in [3.05, 3.63) is 35.4 Å². The summed E-state index contributed by atoms with van der Waals surface area (Å²) in [7, 11) is 0. The molecular weight excluding hydrogens is 248 g/mol. The molecule has 20 heavy (non-hydrogen) atoms. The van der Waals surface area contributed by atoms with Gasteiger partial charge in [-0.1, -0.05) is 38.1 Å². The van der Waals surface area contributed by atoms with Gasteiger partial charge in [0.2, 0.25) is 0 Å². The lowest BCUT2D eigenvalue weighted by atomic mass is 9.91. The third kappa shape index (κ3) is 4.23. The average molecular weight is 274 g/mol. The molecule has 110 valence electrons. The van der Waals surface area contributed by atoms with Crippen LogP contribution in [0.15, 0.2) is 29.3 Å². The van der Waals surface area contributed by atoms with Crippen LogP contribution in [0.2, 0.25) is 0 Å². The van der Waals surface area contributed by atoms with Gasteiger partial charge in [0.05, 0.1) is 6.54 Å². The summed E-state index contributed by atoms with van der Waals surface area (Å²) in [5, 5.41) is 0. The van der Waals surface area contributed by atoms with Crippen molar-refractivity contribution < 1.29 is 0 Å². The maximum atomic E-state index is 5.43. The number of aliphatic imine (C=N–C) groups is 1. The highest BCUT2D eigenvalue weighted by Gasteiger charge is 2.22. The van der Waals surface area contributed by atoms with Crippen molar-refractivity contribution in [2.75, 3.05) is 13.1 Å². The van der Waals surface area contributed by atoms with Crippen molar-refractivity contribution in [1.29, 1.82) is 0 Å². The van der Waals surface area contributed by atoms with Gasteiger partial charge >= 0.3 is 0 Å². The second-order valence-electron chi connectivity index (χ2n) is 6.15. The number of benzene rings is 1. The number of likely N-dealkylation sites (tertiary alicyclic amines) is 1. The van der Waals surface area contributed by atoms with E-state index in [4.69, 9.17) is 11.5 Å². The molecule has 2 unspecified atom stereocenters. The molecule has 1 aromatic carbocycles. The Balaban J connectivity index is 2.06. The molecule has 4 heteroatoms. The van der Waals surface area contributed by atoms with Gasteiger partial charge in [0.1, 0.15) is 0 Å². The number of piperidine rings is 1. The van der Waals surface area contributed by atoms with Crippen LogP contribution in [0.1, 0.15) is 31.4 Å².